The molecule has 0 radical (unpaired) electrons. The van der Waals surface area contributed by atoms with Crippen LogP contribution in [0.3, 0.4) is 0 Å². The second-order valence-corrected chi connectivity index (χ2v) is 7.52. The third-order valence-corrected chi connectivity index (χ3v) is 5.26. The fraction of sp³-hybridized carbons (Fsp3) is 0.308. The van der Waals surface area contributed by atoms with Gasteiger partial charge in [-0.1, -0.05) is 48.5 Å². The van der Waals surface area contributed by atoms with Gasteiger partial charge in [-0.05, 0) is 48.7 Å². The zero-order valence-corrected chi connectivity index (χ0v) is 17.3. The van der Waals surface area contributed by atoms with Gasteiger partial charge in [-0.15, -0.1) is 0 Å². The molecule has 0 bridgehead atoms. The third-order valence-electron chi connectivity index (χ3n) is 5.26. The number of hydrogen-bond acceptors (Lipinski definition) is 4. The molecule has 1 atom stereocenters. The number of rotatable bonds is 10. The Labute approximate surface area is 178 Å². The number of para-hydroxylation sites is 1. The number of anilines is 1. The first-order valence-electron chi connectivity index (χ1n) is 10.7. The first-order valence-corrected chi connectivity index (χ1v) is 10.7. The summed E-state index contributed by atoms with van der Waals surface area (Å²) in [6.45, 7) is 2.85. The molecule has 0 aliphatic carbocycles. The Morgan fingerprint density at radius 3 is 2.47 bits per heavy atom. The van der Waals surface area contributed by atoms with Gasteiger partial charge in [-0.25, -0.2) is 0 Å². The topological polar surface area (TPSA) is 39.7 Å². The van der Waals surface area contributed by atoms with E-state index in [4.69, 9.17) is 14.2 Å². The van der Waals surface area contributed by atoms with Crippen molar-refractivity contribution in [1.29, 1.82) is 0 Å². The Balaban J connectivity index is 1.26. The molecule has 4 heteroatoms. The third kappa shape index (κ3) is 6.01. The van der Waals surface area contributed by atoms with Crippen molar-refractivity contribution in [2.45, 2.75) is 31.9 Å². The smallest absolute Gasteiger partial charge is 0.124 e. The number of ether oxygens (including phenoxy) is 3. The molecule has 1 heterocycles. The molecule has 4 nitrogen and oxygen atoms in total. The summed E-state index contributed by atoms with van der Waals surface area (Å²) in [6.07, 6.45) is 3.36. The summed E-state index contributed by atoms with van der Waals surface area (Å²) in [5.74, 6) is 1.80. The van der Waals surface area contributed by atoms with E-state index in [0.29, 0.717) is 19.8 Å². The van der Waals surface area contributed by atoms with Crippen LogP contribution in [0.25, 0.3) is 0 Å². The molecule has 1 fully saturated rings. The average molecular weight is 404 g/mol. The number of nitrogens with one attached hydrogen (secondary N) is 1. The van der Waals surface area contributed by atoms with Crippen molar-refractivity contribution in [1.82, 2.24) is 0 Å². The van der Waals surface area contributed by atoms with Crippen LogP contribution in [0.1, 0.15) is 24.0 Å². The van der Waals surface area contributed by atoms with Crippen LogP contribution in [0, 0.1) is 0 Å². The monoisotopic (exact) mass is 403 g/mol. The van der Waals surface area contributed by atoms with Crippen molar-refractivity contribution in [3.8, 4) is 11.5 Å². The summed E-state index contributed by atoms with van der Waals surface area (Å²) in [5.41, 5.74) is 3.48. The van der Waals surface area contributed by atoms with Crippen molar-refractivity contribution in [3.63, 3.8) is 0 Å². The van der Waals surface area contributed by atoms with Crippen molar-refractivity contribution < 1.29 is 14.2 Å². The van der Waals surface area contributed by atoms with Crippen LogP contribution in [0.2, 0.25) is 0 Å². The van der Waals surface area contributed by atoms with Gasteiger partial charge < -0.3 is 19.5 Å². The number of benzene rings is 3. The average Bonchev–Trinajstić information content (AvgIpc) is 3.32. The van der Waals surface area contributed by atoms with Gasteiger partial charge in [0.2, 0.25) is 0 Å². The van der Waals surface area contributed by atoms with Gasteiger partial charge in [0.1, 0.15) is 18.1 Å². The van der Waals surface area contributed by atoms with Crippen LogP contribution in [0.5, 0.6) is 11.5 Å². The molecule has 156 valence electrons. The van der Waals surface area contributed by atoms with Crippen LogP contribution in [0.15, 0.2) is 78.9 Å². The quantitative estimate of drug-likeness (QED) is 0.487. The Kier molecular flexibility index (Phi) is 7.24. The largest absolute Gasteiger partial charge is 0.493 e. The number of hydrogen-bond donors (Lipinski definition) is 1. The standard InChI is InChI=1S/C26H29NO3/c1-2-7-21(8-3-1)16-18-29-26-11-5-4-9-22(26)19-27-23-12-14-24(15-13-23)30-20-25-10-6-17-28-25/h1-5,7-9,11-15,25,27H,6,10,16-20H2. The highest BCUT2D eigenvalue weighted by molar-refractivity contribution is 5.48. The molecule has 1 aliphatic rings. The maximum Gasteiger partial charge on any atom is 0.124 e. The van der Waals surface area contributed by atoms with Crippen LogP contribution >= 0.6 is 0 Å². The van der Waals surface area contributed by atoms with Crippen LogP contribution in [-0.2, 0) is 17.7 Å². The van der Waals surface area contributed by atoms with E-state index < -0.39 is 0 Å². The molecule has 3 aromatic carbocycles. The SMILES string of the molecule is c1ccc(CCOc2ccccc2CNc2ccc(OCC3CCCO3)cc2)cc1. The minimum absolute atomic E-state index is 0.237. The lowest BCUT2D eigenvalue weighted by Crippen LogP contribution is -2.16. The zero-order valence-electron chi connectivity index (χ0n) is 17.3. The Hall–Kier alpha value is -2.98. The molecule has 4 rings (SSSR count). The molecular formula is C26H29NO3. The molecule has 0 aromatic heterocycles. The molecular weight excluding hydrogens is 374 g/mol. The molecule has 30 heavy (non-hydrogen) atoms. The highest BCUT2D eigenvalue weighted by Crippen LogP contribution is 2.22. The van der Waals surface area contributed by atoms with E-state index in [1.807, 2.05) is 48.5 Å². The molecule has 0 saturated carbocycles. The zero-order chi connectivity index (χ0) is 20.4. The summed E-state index contributed by atoms with van der Waals surface area (Å²) < 4.78 is 17.5. The summed E-state index contributed by atoms with van der Waals surface area (Å²) in [7, 11) is 0. The van der Waals surface area contributed by atoms with Gasteiger partial charge in [0.15, 0.2) is 0 Å². The van der Waals surface area contributed by atoms with E-state index in [1.54, 1.807) is 0 Å². The Bertz CT molecular complexity index is 890. The highest BCUT2D eigenvalue weighted by Gasteiger charge is 2.15. The van der Waals surface area contributed by atoms with E-state index in [2.05, 4.69) is 35.6 Å². The van der Waals surface area contributed by atoms with Gasteiger partial charge in [0.25, 0.3) is 0 Å². The van der Waals surface area contributed by atoms with Gasteiger partial charge in [-0.2, -0.15) is 0 Å². The summed E-state index contributed by atoms with van der Waals surface area (Å²) in [5, 5.41) is 3.47. The molecule has 1 saturated heterocycles. The van der Waals surface area contributed by atoms with E-state index in [1.165, 1.54) is 5.56 Å². The highest BCUT2D eigenvalue weighted by atomic mass is 16.5. The molecule has 0 spiro atoms. The maximum atomic E-state index is 6.06. The molecule has 1 N–H and O–H groups in total. The first kappa shape index (κ1) is 20.3. The van der Waals surface area contributed by atoms with Crippen LogP contribution in [0.4, 0.5) is 5.69 Å². The van der Waals surface area contributed by atoms with Gasteiger partial charge in [-0.3, -0.25) is 0 Å². The minimum atomic E-state index is 0.237. The first-order chi connectivity index (χ1) is 14.9. The summed E-state index contributed by atoms with van der Waals surface area (Å²) in [6, 6.07) is 26.7. The maximum absolute atomic E-state index is 6.06. The van der Waals surface area contributed by atoms with Gasteiger partial charge in [0, 0.05) is 30.8 Å². The van der Waals surface area contributed by atoms with Crippen LogP contribution in [-0.4, -0.2) is 25.9 Å². The van der Waals surface area contributed by atoms with Crippen molar-refractivity contribution in [2.75, 3.05) is 25.1 Å². The van der Waals surface area contributed by atoms with Crippen molar-refractivity contribution >= 4 is 5.69 Å². The van der Waals surface area contributed by atoms with E-state index in [9.17, 15) is 0 Å². The molecule has 3 aromatic rings. The lowest BCUT2D eigenvalue weighted by molar-refractivity contribution is 0.0679. The minimum Gasteiger partial charge on any atom is -0.493 e. The van der Waals surface area contributed by atoms with Crippen LogP contribution < -0.4 is 14.8 Å². The fourth-order valence-corrected chi connectivity index (χ4v) is 3.55. The normalized spacial score (nSPS) is 15.7. The second-order valence-electron chi connectivity index (χ2n) is 7.52. The summed E-state index contributed by atoms with van der Waals surface area (Å²) in [4.78, 5) is 0. The molecule has 0 amide bonds. The fourth-order valence-electron chi connectivity index (χ4n) is 3.55. The lowest BCUT2D eigenvalue weighted by atomic mass is 10.1. The van der Waals surface area contributed by atoms with Gasteiger partial charge in [0.05, 0.1) is 12.7 Å². The van der Waals surface area contributed by atoms with Crippen molar-refractivity contribution in [2.24, 2.45) is 0 Å². The lowest BCUT2D eigenvalue weighted by Gasteiger charge is -2.14. The predicted octanol–water partition coefficient (Wildman–Crippen LogP) is 5.48. The molecule has 1 aliphatic heterocycles. The van der Waals surface area contributed by atoms with Crippen molar-refractivity contribution in [3.05, 3.63) is 90.0 Å². The van der Waals surface area contributed by atoms with E-state index in [0.717, 1.165) is 48.6 Å². The second kappa shape index (κ2) is 10.7. The summed E-state index contributed by atoms with van der Waals surface area (Å²) >= 11 is 0. The molecule has 1 unspecified atom stereocenters. The Morgan fingerprint density at radius 2 is 1.67 bits per heavy atom. The van der Waals surface area contributed by atoms with E-state index in [-0.39, 0.29) is 6.10 Å². The van der Waals surface area contributed by atoms with E-state index >= 15 is 0 Å². The predicted molar refractivity (Wildman–Crippen MR) is 120 cm³/mol. The Morgan fingerprint density at radius 1 is 0.867 bits per heavy atom. The van der Waals surface area contributed by atoms with Gasteiger partial charge >= 0.3 is 0 Å².